The number of aliphatic hydroxyl groups excluding tert-OH is 1. The van der Waals surface area contributed by atoms with Gasteiger partial charge in [-0.3, -0.25) is 0 Å². The summed E-state index contributed by atoms with van der Waals surface area (Å²) in [5.74, 6) is -0.143. The molecule has 21 heavy (non-hydrogen) atoms. The van der Waals surface area contributed by atoms with Gasteiger partial charge in [0.1, 0.15) is 11.3 Å². The number of nitrogens with zero attached hydrogens (tertiary/aromatic N) is 1. The van der Waals surface area contributed by atoms with Crippen LogP contribution in [0.15, 0.2) is 57.7 Å². The quantitative estimate of drug-likeness (QED) is 0.729. The summed E-state index contributed by atoms with van der Waals surface area (Å²) in [6, 6.07) is 13.7. The Labute approximate surface area is 124 Å². The van der Waals surface area contributed by atoms with E-state index in [0.717, 1.165) is 0 Å². The van der Waals surface area contributed by atoms with Crippen molar-refractivity contribution in [1.82, 2.24) is 4.98 Å². The lowest BCUT2D eigenvalue weighted by Crippen LogP contribution is -2.06. The highest BCUT2D eigenvalue weighted by Gasteiger charge is 2.09. The highest BCUT2D eigenvalue weighted by atomic mass is 35.5. The minimum absolute atomic E-state index is 0.0196. The largest absolute Gasteiger partial charge is 0.507 e. The van der Waals surface area contributed by atoms with Crippen molar-refractivity contribution in [3.05, 3.63) is 75.2 Å². The van der Waals surface area contributed by atoms with Crippen molar-refractivity contribution in [1.29, 1.82) is 0 Å². The molecule has 0 amide bonds. The lowest BCUT2D eigenvalue weighted by Gasteiger charge is -2.03. The van der Waals surface area contributed by atoms with Crippen LogP contribution >= 0.6 is 11.6 Å². The molecule has 3 rings (SSSR count). The molecule has 4 nitrogen and oxygen atoms in total. The van der Waals surface area contributed by atoms with Crippen LogP contribution in [-0.4, -0.2) is 10.1 Å². The molecule has 2 aromatic carbocycles. The Kier molecular flexibility index (Phi) is 3.46. The Bertz CT molecular complexity index is 899. The molecule has 0 radical (unpaired) electrons. The number of hydrogen-bond donors (Lipinski definition) is 1. The summed E-state index contributed by atoms with van der Waals surface area (Å²) >= 11 is 6.00. The number of benzene rings is 2. The molecule has 104 valence electrons. The van der Waals surface area contributed by atoms with Crippen LogP contribution in [0.1, 0.15) is 11.3 Å². The van der Waals surface area contributed by atoms with Gasteiger partial charge in [-0.15, -0.1) is 0 Å². The molecule has 0 unspecified atom stereocenters. The molecule has 1 aromatic heterocycles. The third kappa shape index (κ3) is 2.66. The molecule has 0 atom stereocenters. The number of aliphatic hydroxyl groups is 1. The van der Waals surface area contributed by atoms with Gasteiger partial charge in [0.2, 0.25) is 0 Å². The van der Waals surface area contributed by atoms with Gasteiger partial charge in [0.05, 0.1) is 5.02 Å². The maximum absolute atomic E-state index is 11.9. The first-order chi connectivity index (χ1) is 10.1. The molecule has 0 fully saturated rings. The van der Waals surface area contributed by atoms with E-state index in [1.54, 1.807) is 48.5 Å². The monoisotopic (exact) mass is 299 g/mol. The van der Waals surface area contributed by atoms with E-state index in [1.165, 1.54) is 6.08 Å². The van der Waals surface area contributed by atoms with Crippen molar-refractivity contribution in [3.8, 4) is 0 Å². The van der Waals surface area contributed by atoms with Gasteiger partial charge in [-0.05, 0) is 24.3 Å². The fourth-order valence-electron chi connectivity index (χ4n) is 1.93. The van der Waals surface area contributed by atoms with E-state index >= 15 is 0 Å². The summed E-state index contributed by atoms with van der Waals surface area (Å²) in [5, 5.41) is 10.5. The molecule has 3 aromatic rings. The van der Waals surface area contributed by atoms with Crippen LogP contribution in [-0.2, 0) is 0 Å². The third-order valence-corrected chi connectivity index (χ3v) is 3.27. The van der Waals surface area contributed by atoms with Gasteiger partial charge < -0.3 is 9.52 Å². The predicted octanol–water partition coefficient (Wildman–Crippen LogP) is 3.90. The fraction of sp³-hybridized carbons (Fsp3) is 0. The number of para-hydroxylation sites is 2. The smallest absolute Gasteiger partial charge is 0.362 e. The second-order valence-electron chi connectivity index (χ2n) is 4.36. The zero-order chi connectivity index (χ0) is 14.8. The molecule has 1 heterocycles. The molecule has 0 aliphatic rings. The first-order valence-electron chi connectivity index (χ1n) is 6.20. The van der Waals surface area contributed by atoms with Crippen LogP contribution < -0.4 is 5.63 Å². The predicted molar refractivity (Wildman–Crippen MR) is 82.2 cm³/mol. The fourth-order valence-corrected chi connectivity index (χ4v) is 2.16. The summed E-state index contributed by atoms with van der Waals surface area (Å²) < 4.78 is 5.15. The van der Waals surface area contributed by atoms with E-state index in [2.05, 4.69) is 4.98 Å². The molecular formula is C16H10ClNO3. The van der Waals surface area contributed by atoms with Gasteiger partial charge in [0.15, 0.2) is 11.3 Å². The molecule has 0 bridgehead atoms. The van der Waals surface area contributed by atoms with E-state index in [9.17, 15) is 9.90 Å². The molecule has 0 saturated carbocycles. The van der Waals surface area contributed by atoms with Gasteiger partial charge in [-0.1, -0.05) is 35.9 Å². The first kappa shape index (κ1) is 13.4. The topological polar surface area (TPSA) is 63.3 Å². The van der Waals surface area contributed by atoms with Gasteiger partial charge in [-0.25, -0.2) is 9.78 Å². The van der Waals surface area contributed by atoms with Crippen LogP contribution in [0, 0.1) is 0 Å². The second-order valence-corrected chi connectivity index (χ2v) is 4.77. The highest BCUT2D eigenvalue weighted by Crippen LogP contribution is 2.23. The van der Waals surface area contributed by atoms with Crippen molar-refractivity contribution in [2.45, 2.75) is 0 Å². The van der Waals surface area contributed by atoms with Gasteiger partial charge in [-0.2, -0.15) is 0 Å². The number of hydrogen-bond acceptors (Lipinski definition) is 4. The zero-order valence-corrected chi connectivity index (χ0v) is 11.5. The number of halogens is 1. The summed E-state index contributed by atoms with van der Waals surface area (Å²) in [5.41, 5.74) is 0.763. The second kappa shape index (κ2) is 5.42. The average molecular weight is 300 g/mol. The van der Waals surface area contributed by atoms with Crippen LogP contribution in [0.5, 0.6) is 0 Å². The zero-order valence-electron chi connectivity index (χ0n) is 10.8. The molecule has 0 aliphatic carbocycles. The van der Waals surface area contributed by atoms with Crippen molar-refractivity contribution in [2.75, 3.05) is 0 Å². The van der Waals surface area contributed by atoms with E-state index in [0.29, 0.717) is 21.7 Å². The van der Waals surface area contributed by atoms with E-state index in [-0.39, 0.29) is 11.5 Å². The highest BCUT2D eigenvalue weighted by molar-refractivity contribution is 6.32. The average Bonchev–Trinajstić information content (AvgIpc) is 2.48. The maximum Gasteiger partial charge on any atom is 0.362 e. The number of rotatable bonds is 2. The van der Waals surface area contributed by atoms with E-state index in [4.69, 9.17) is 16.0 Å². The Morgan fingerprint density at radius 1 is 1.14 bits per heavy atom. The Morgan fingerprint density at radius 2 is 1.86 bits per heavy atom. The molecule has 5 heteroatoms. The lowest BCUT2D eigenvalue weighted by molar-refractivity contribution is 0.514. The van der Waals surface area contributed by atoms with E-state index in [1.807, 2.05) is 0 Å². The lowest BCUT2D eigenvalue weighted by atomic mass is 10.1. The SMILES string of the molecule is O=c1oc2ccccc2nc1C=C(O)c1ccccc1Cl. The van der Waals surface area contributed by atoms with Crippen molar-refractivity contribution in [3.63, 3.8) is 0 Å². The van der Waals surface area contributed by atoms with Crippen LogP contribution in [0.4, 0.5) is 0 Å². The van der Waals surface area contributed by atoms with Crippen molar-refractivity contribution < 1.29 is 9.52 Å². The molecular weight excluding hydrogens is 290 g/mol. The minimum atomic E-state index is -0.618. The van der Waals surface area contributed by atoms with Crippen molar-refractivity contribution in [2.24, 2.45) is 0 Å². The number of fused-ring (bicyclic) bond motifs is 1. The molecule has 0 saturated heterocycles. The standard InChI is InChI=1S/C16H10ClNO3/c17-11-6-2-1-5-10(11)14(19)9-13-16(20)21-15-8-4-3-7-12(15)18-13/h1-9,19H. The van der Waals surface area contributed by atoms with Crippen LogP contribution in [0.2, 0.25) is 5.02 Å². The molecule has 1 N–H and O–H groups in total. The first-order valence-corrected chi connectivity index (χ1v) is 6.58. The van der Waals surface area contributed by atoms with Gasteiger partial charge >= 0.3 is 5.63 Å². The summed E-state index contributed by atoms with van der Waals surface area (Å²) in [4.78, 5) is 16.1. The molecule has 0 aliphatic heterocycles. The normalized spacial score (nSPS) is 11.8. The molecule has 0 spiro atoms. The van der Waals surface area contributed by atoms with Crippen LogP contribution in [0.25, 0.3) is 22.9 Å². The summed E-state index contributed by atoms with van der Waals surface area (Å²) in [7, 11) is 0. The summed E-state index contributed by atoms with van der Waals surface area (Å²) in [6.45, 7) is 0. The Balaban J connectivity index is 2.13. The van der Waals surface area contributed by atoms with Crippen molar-refractivity contribution >= 4 is 34.5 Å². The summed E-state index contributed by atoms with van der Waals surface area (Å²) in [6.07, 6.45) is 1.25. The van der Waals surface area contributed by atoms with E-state index < -0.39 is 5.63 Å². The Morgan fingerprint density at radius 3 is 2.67 bits per heavy atom. The Hall–Kier alpha value is -2.59. The van der Waals surface area contributed by atoms with Gasteiger partial charge in [0.25, 0.3) is 0 Å². The minimum Gasteiger partial charge on any atom is -0.507 e. The maximum atomic E-state index is 11.9. The third-order valence-electron chi connectivity index (χ3n) is 2.94. The number of aromatic nitrogens is 1. The van der Waals surface area contributed by atoms with Gasteiger partial charge in [0, 0.05) is 11.6 Å². The van der Waals surface area contributed by atoms with Crippen LogP contribution in [0.3, 0.4) is 0 Å².